The maximum atomic E-state index is 10.4. The van der Waals surface area contributed by atoms with Crippen LogP contribution in [-0.4, -0.2) is 12.2 Å². The van der Waals surface area contributed by atoms with Crippen LogP contribution in [0.25, 0.3) is 0 Å². The minimum Gasteiger partial charge on any atom is -0.497 e. The normalized spacial score (nSPS) is 13.0. The van der Waals surface area contributed by atoms with Crippen molar-refractivity contribution < 1.29 is 9.84 Å². The molecule has 2 heteroatoms. The summed E-state index contributed by atoms with van der Waals surface area (Å²) in [4.78, 5) is 0. The lowest BCUT2D eigenvalue weighted by Gasteiger charge is -2.16. The SMILES string of the molecule is COc1ccc(C#CC(C)(O)c2ccc(C)cc2)cc1. The number of rotatable bonds is 2. The van der Waals surface area contributed by atoms with Gasteiger partial charge in [0.15, 0.2) is 0 Å². The Balaban J connectivity index is 2.23. The number of aryl methyl sites for hydroxylation is 1. The van der Waals surface area contributed by atoms with E-state index in [4.69, 9.17) is 4.74 Å². The number of aliphatic hydroxyl groups is 1. The van der Waals surface area contributed by atoms with E-state index in [0.29, 0.717) is 0 Å². The predicted octanol–water partition coefficient (Wildman–Crippen LogP) is 3.26. The van der Waals surface area contributed by atoms with Gasteiger partial charge in [0.05, 0.1) is 7.11 Å². The van der Waals surface area contributed by atoms with Gasteiger partial charge in [-0.1, -0.05) is 41.7 Å². The molecule has 0 aliphatic rings. The Kier molecular flexibility index (Phi) is 4.12. The molecule has 0 saturated carbocycles. The fourth-order valence-electron chi connectivity index (χ4n) is 1.82. The van der Waals surface area contributed by atoms with Crippen LogP contribution in [-0.2, 0) is 5.60 Å². The predicted molar refractivity (Wildman–Crippen MR) is 80.6 cm³/mol. The van der Waals surface area contributed by atoms with E-state index < -0.39 is 5.60 Å². The summed E-state index contributed by atoms with van der Waals surface area (Å²) in [6.45, 7) is 3.72. The Morgan fingerprint density at radius 3 is 2.15 bits per heavy atom. The third kappa shape index (κ3) is 3.40. The maximum Gasteiger partial charge on any atom is 0.148 e. The zero-order valence-corrected chi connectivity index (χ0v) is 12.0. The second-order valence-electron chi connectivity index (χ2n) is 4.92. The van der Waals surface area contributed by atoms with Crippen molar-refractivity contribution in [2.75, 3.05) is 7.11 Å². The molecule has 1 unspecified atom stereocenters. The average molecular weight is 266 g/mol. The second kappa shape index (κ2) is 5.81. The van der Waals surface area contributed by atoms with Gasteiger partial charge in [0, 0.05) is 5.56 Å². The Labute approximate surface area is 120 Å². The minimum atomic E-state index is -1.16. The Bertz CT molecular complexity index is 626. The molecule has 1 atom stereocenters. The summed E-state index contributed by atoms with van der Waals surface area (Å²) in [7, 11) is 1.63. The fraction of sp³-hybridized carbons (Fsp3) is 0.222. The topological polar surface area (TPSA) is 29.5 Å². The van der Waals surface area contributed by atoms with Gasteiger partial charge in [-0.15, -0.1) is 0 Å². The molecule has 2 aromatic rings. The first kappa shape index (κ1) is 14.2. The van der Waals surface area contributed by atoms with Crippen LogP contribution in [0.15, 0.2) is 48.5 Å². The van der Waals surface area contributed by atoms with E-state index in [1.165, 1.54) is 0 Å². The third-order valence-electron chi connectivity index (χ3n) is 3.15. The zero-order chi connectivity index (χ0) is 14.6. The average Bonchev–Trinajstić information content (AvgIpc) is 2.46. The number of benzene rings is 2. The summed E-state index contributed by atoms with van der Waals surface area (Å²) in [5, 5.41) is 10.4. The van der Waals surface area contributed by atoms with E-state index in [-0.39, 0.29) is 0 Å². The highest BCUT2D eigenvalue weighted by Crippen LogP contribution is 2.20. The monoisotopic (exact) mass is 266 g/mol. The molecule has 0 bridgehead atoms. The van der Waals surface area contributed by atoms with E-state index in [1.54, 1.807) is 14.0 Å². The quantitative estimate of drug-likeness (QED) is 0.845. The van der Waals surface area contributed by atoms with Crippen LogP contribution in [0.2, 0.25) is 0 Å². The van der Waals surface area contributed by atoms with Gasteiger partial charge >= 0.3 is 0 Å². The molecule has 2 aromatic carbocycles. The van der Waals surface area contributed by atoms with Crippen LogP contribution in [0.1, 0.15) is 23.6 Å². The van der Waals surface area contributed by atoms with Gasteiger partial charge < -0.3 is 9.84 Å². The van der Waals surface area contributed by atoms with Crippen LogP contribution in [0.3, 0.4) is 0 Å². The molecule has 0 radical (unpaired) electrons. The van der Waals surface area contributed by atoms with Crippen LogP contribution >= 0.6 is 0 Å². The van der Waals surface area contributed by atoms with Gasteiger partial charge in [-0.25, -0.2) is 0 Å². The number of hydrogen-bond acceptors (Lipinski definition) is 2. The summed E-state index contributed by atoms with van der Waals surface area (Å²) in [5.41, 5.74) is 1.64. The molecule has 0 aliphatic carbocycles. The summed E-state index contributed by atoms with van der Waals surface area (Å²) in [6.07, 6.45) is 0. The van der Waals surface area contributed by atoms with Crippen LogP contribution in [0, 0.1) is 18.8 Å². The molecule has 0 aromatic heterocycles. The van der Waals surface area contributed by atoms with E-state index in [1.807, 2.05) is 55.5 Å². The van der Waals surface area contributed by atoms with Gasteiger partial charge in [0.25, 0.3) is 0 Å². The third-order valence-corrected chi connectivity index (χ3v) is 3.15. The number of ether oxygens (including phenoxy) is 1. The molecule has 20 heavy (non-hydrogen) atoms. The molecule has 0 saturated heterocycles. The second-order valence-corrected chi connectivity index (χ2v) is 4.92. The van der Waals surface area contributed by atoms with Crippen molar-refractivity contribution in [1.82, 2.24) is 0 Å². The Hall–Kier alpha value is -2.24. The lowest BCUT2D eigenvalue weighted by atomic mass is 9.95. The maximum absolute atomic E-state index is 10.4. The van der Waals surface area contributed by atoms with Gasteiger partial charge in [-0.2, -0.15) is 0 Å². The summed E-state index contributed by atoms with van der Waals surface area (Å²) < 4.78 is 5.10. The van der Waals surface area contributed by atoms with Crippen molar-refractivity contribution in [3.8, 4) is 17.6 Å². The first-order valence-electron chi connectivity index (χ1n) is 6.48. The molecule has 2 nitrogen and oxygen atoms in total. The first-order valence-corrected chi connectivity index (χ1v) is 6.48. The summed E-state index contributed by atoms with van der Waals surface area (Å²) >= 11 is 0. The lowest BCUT2D eigenvalue weighted by molar-refractivity contribution is 0.122. The van der Waals surface area contributed by atoms with Crippen molar-refractivity contribution >= 4 is 0 Å². The Morgan fingerprint density at radius 2 is 1.60 bits per heavy atom. The van der Waals surface area contributed by atoms with E-state index >= 15 is 0 Å². The summed E-state index contributed by atoms with van der Waals surface area (Å²) in [6, 6.07) is 15.2. The highest BCUT2D eigenvalue weighted by molar-refractivity contribution is 5.42. The standard InChI is InChI=1S/C18H18O2/c1-14-4-8-16(9-5-14)18(2,19)13-12-15-6-10-17(20-3)11-7-15/h4-11,19H,1-3H3. The highest BCUT2D eigenvalue weighted by atomic mass is 16.5. The minimum absolute atomic E-state index is 0.792. The largest absolute Gasteiger partial charge is 0.497 e. The van der Waals surface area contributed by atoms with E-state index in [0.717, 1.165) is 22.4 Å². The number of methoxy groups -OCH3 is 1. The van der Waals surface area contributed by atoms with Crippen molar-refractivity contribution in [2.24, 2.45) is 0 Å². The first-order chi connectivity index (χ1) is 9.51. The summed E-state index contributed by atoms with van der Waals surface area (Å²) in [5.74, 6) is 6.70. The molecule has 2 rings (SSSR count). The molecule has 0 spiro atoms. The molecule has 1 N–H and O–H groups in total. The van der Waals surface area contributed by atoms with Crippen LogP contribution < -0.4 is 4.74 Å². The van der Waals surface area contributed by atoms with E-state index in [2.05, 4.69) is 11.8 Å². The molecular weight excluding hydrogens is 248 g/mol. The lowest BCUT2D eigenvalue weighted by Crippen LogP contribution is -2.18. The van der Waals surface area contributed by atoms with Gasteiger partial charge in [-0.3, -0.25) is 0 Å². The van der Waals surface area contributed by atoms with E-state index in [9.17, 15) is 5.11 Å². The van der Waals surface area contributed by atoms with Crippen molar-refractivity contribution in [2.45, 2.75) is 19.4 Å². The van der Waals surface area contributed by atoms with Gasteiger partial charge in [0.2, 0.25) is 0 Å². The zero-order valence-electron chi connectivity index (χ0n) is 12.0. The van der Waals surface area contributed by atoms with Crippen molar-refractivity contribution in [3.63, 3.8) is 0 Å². The fourth-order valence-corrected chi connectivity index (χ4v) is 1.82. The molecule has 0 amide bonds. The molecule has 0 heterocycles. The van der Waals surface area contributed by atoms with Crippen LogP contribution in [0.4, 0.5) is 0 Å². The molecular formula is C18H18O2. The van der Waals surface area contributed by atoms with Gasteiger partial charge in [-0.05, 0) is 43.7 Å². The molecule has 102 valence electrons. The van der Waals surface area contributed by atoms with Gasteiger partial charge in [0.1, 0.15) is 11.4 Å². The van der Waals surface area contributed by atoms with Crippen molar-refractivity contribution in [1.29, 1.82) is 0 Å². The van der Waals surface area contributed by atoms with Crippen molar-refractivity contribution in [3.05, 3.63) is 65.2 Å². The smallest absolute Gasteiger partial charge is 0.148 e. The molecule has 0 aliphatic heterocycles. The van der Waals surface area contributed by atoms with Crippen LogP contribution in [0.5, 0.6) is 5.75 Å². The highest BCUT2D eigenvalue weighted by Gasteiger charge is 2.19. The molecule has 0 fully saturated rings. The number of hydrogen-bond donors (Lipinski definition) is 1. The Morgan fingerprint density at radius 1 is 1.00 bits per heavy atom.